The number of pyridine rings is 1. The minimum Gasteiger partial charge on any atom is -0.394 e. The zero-order valence-electron chi connectivity index (χ0n) is 22.3. The molecule has 1 aromatic carbocycles. The first-order chi connectivity index (χ1) is 18.3. The van der Waals surface area contributed by atoms with Crippen molar-refractivity contribution in [3.05, 3.63) is 59.4 Å². The van der Waals surface area contributed by atoms with Gasteiger partial charge in [0.25, 0.3) is 5.91 Å². The molecule has 2 aromatic heterocycles. The highest BCUT2D eigenvalue weighted by Gasteiger charge is 2.26. The number of nitrogens with zero attached hydrogens (tertiary/aromatic N) is 6. The fourth-order valence-electron chi connectivity index (χ4n) is 5.09. The van der Waals surface area contributed by atoms with Gasteiger partial charge in [0.05, 0.1) is 6.61 Å². The summed E-state index contributed by atoms with van der Waals surface area (Å²) in [5, 5.41) is 12.0. The van der Waals surface area contributed by atoms with Gasteiger partial charge in [0.2, 0.25) is 5.95 Å². The lowest BCUT2D eigenvalue weighted by Crippen LogP contribution is -2.45. The molecule has 2 aliphatic rings. The van der Waals surface area contributed by atoms with Gasteiger partial charge in [-0.05, 0) is 67.8 Å². The third kappa shape index (κ3) is 5.56. The van der Waals surface area contributed by atoms with Crippen molar-refractivity contribution in [2.45, 2.75) is 38.9 Å². The maximum Gasteiger partial charge on any atom is 0.270 e. The number of carbonyl (C=O) groups excluding carboxylic acids is 1. The lowest BCUT2D eigenvalue weighted by molar-refractivity contribution is 0.0917. The van der Waals surface area contributed by atoms with Crippen molar-refractivity contribution in [3.63, 3.8) is 0 Å². The SMILES string of the molecule is CC1Cc2ccc(-c3ccnc(C(=O)N[C@H](C)CO)c3)cc2CN1c1cc(N2CCN(C)CC2)nc(N)n1. The summed E-state index contributed by atoms with van der Waals surface area (Å²) in [6.45, 7) is 8.36. The van der Waals surface area contributed by atoms with Crippen LogP contribution < -0.4 is 20.9 Å². The van der Waals surface area contributed by atoms with E-state index in [-0.39, 0.29) is 24.6 Å². The van der Waals surface area contributed by atoms with Crippen LogP contribution in [0, 0.1) is 0 Å². The van der Waals surface area contributed by atoms with Crippen LogP contribution in [-0.2, 0) is 13.0 Å². The second-order valence-corrected chi connectivity index (χ2v) is 10.4. The number of nitrogen functional groups attached to an aromatic ring is 1. The van der Waals surface area contributed by atoms with E-state index < -0.39 is 0 Å². The number of likely N-dealkylation sites (N-methyl/N-ethyl adjacent to an activating group) is 1. The molecule has 0 radical (unpaired) electrons. The molecule has 2 aliphatic heterocycles. The summed E-state index contributed by atoms with van der Waals surface area (Å²) in [6.07, 6.45) is 2.54. The van der Waals surface area contributed by atoms with Crippen molar-refractivity contribution < 1.29 is 9.90 Å². The number of fused-ring (bicyclic) bond motifs is 1. The van der Waals surface area contributed by atoms with Crippen LogP contribution >= 0.6 is 0 Å². The molecule has 3 aromatic rings. The fraction of sp³-hybridized carbons (Fsp3) is 0.429. The number of aromatic nitrogens is 3. The molecule has 4 heterocycles. The van der Waals surface area contributed by atoms with E-state index in [1.807, 2.05) is 6.07 Å². The Kier molecular flexibility index (Phi) is 7.44. The fourth-order valence-corrected chi connectivity index (χ4v) is 5.09. The molecule has 1 amide bonds. The molecule has 4 N–H and O–H groups in total. The second kappa shape index (κ2) is 10.9. The average molecular weight is 517 g/mol. The molecule has 5 rings (SSSR count). The van der Waals surface area contributed by atoms with Crippen molar-refractivity contribution in [2.24, 2.45) is 0 Å². The number of aliphatic hydroxyl groups excluding tert-OH is 1. The van der Waals surface area contributed by atoms with Crippen molar-refractivity contribution >= 4 is 23.5 Å². The van der Waals surface area contributed by atoms with E-state index in [0.29, 0.717) is 18.2 Å². The molecule has 1 fully saturated rings. The van der Waals surface area contributed by atoms with Crippen LogP contribution in [0.5, 0.6) is 0 Å². The molecule has 10 heteroatoms. The highest BCUT2D eigenvalue weighted by Crippen LogP contribution is 2.32. The number of benzene rings is 1. The minimum absolute atomic E-state index is 0.125. The third-order valence-electron chi connectivity index (χ3n) is 7.41. The predicted octanol–water partition coefficient (Wildman–Crippen LogP) is 1.93. The Morgan fingerprint density at radius 1 is 1.08 bits per heavy atom. The molecule has 200 valence electrons. The molecule has 0 spiro atoms. The highest BCUT2D eigenvalue weighted by molar-refractivity contribution is 5.93. The predicted molar refractivity (Wildman–Crippen MR) is 149 cm³/mol. The van der Waals surface area contributed by atoms with Crippen LogP contribution in [0.3, 0.4) is 0 Å². The number of amides is 1. The molecule has 1 saturated heterocycles. The first-order valence-corrected chi connectivity index (χ1v) is 13.2. The number of hydrogen-bond acceptors (Lipinski definition) is 9. The van der Waals surface area contributed by atoms with Crippen LogP contribution in [0.4, 0.5) is 17.6 Å². The van der Waals surface area contributed by atoms with Gasteiger partial charge in [0, 0.05) is 57.1 Å². The summed E-state index contributed by atoms with van der Waals surface area (Å²) in [5.41, 5.74) is 11.0. The molecular formula is C28H36N8O2. The van der Waals surface area contributed by atoms with E-state index in [1.165, 1.54) is 11.1 Å². The molecule has 2 atom stereocenters. The van der Waals surface area contributed by atoms with Gasteiger partial charge in [-0.15, -0.1) is 0 Å². The Bertz CT molecular complexity index is 1310. The van der Waals surface area contributed by atoms with Gasteiger partial charge in [-0.25, -0.2) is 0 Å². The summed E-state index contributed by atoms with van der Waals surface area (Å²) in [4.78, 5) is 32.8. The normalized spacial score (nSPS) is 18.7. The first kappa shape index (κ1) is 25.9. The third-order valence-corrected chi connectivity index (χ3v) is 7.41. The van der Waals surface area contributed by atoms with Crippen LogP contribution in [-0.4, -0.2) is 82.8 Å². The van der Waals surface area contributed by atoms with Gasteiger partial charge >= 0.3 is 0 Å². The van der Waals surface area contributed by atoms with E-state index in [0.717, 1.165) is 55.4 Å². The van der Waals surface area contributed by atoms with E-state index in [4.69, 9.17) is 5.73 Å². The number of nitrogens with two attached hydrogens (primary N) is 1. The summed E-state index contributed by atoms with van der Waals surface area (Å²) in [5.74, 6) is 1.71. The number of piperazine rings is 1. The van der Waals surface area contributed by atoms with Crippen molar-refractivity contribution in [3.8, 4) is 11.1 Å². The van der Waals surface area contributed by atoms with Crippen molar-refractivity contribution in [1.29, 1.82) is 0 Å². The summed E-state index contributed by atoms with van der Waals surface area (Å²) < 4.78 is 0. The maximum atomic E-state index is 12.5. The van der Waals surface area contributed by atoms with Gasteiger partial charge in [-0.2, -0.15) is 9.97 Å². The van der Waals surface area contributed by atoms with Crippen molar-refractivity contribution in [1.82, 2.24) is 25.2 Å². The number of aliphatic hydroxyl groups is 1. The van der Waals surface area contributed by atoms with Crippen LogP contribution in [0.15, 0.2) is 42.6 Å². The summed E-state index contributed by atoms with van der Waals surface area (Å²) in [6, 6.07) is 12.1. The monoisotopic (exact) mass is 516 g/mol. The smallest absolute Gasteiger partial charge is 0.270 e. The topological polar surface area (TPSA) is 124 Å². The van der Waals surface area contributed by atoms with E-state index in [9.17, 15) is 9.90 Å². The number of anilines is 3. The Labute approximate surface area is 223 Å². The van der Waals surface area contributed by atoms with Crippen LogP contribution in [0.25, 0.3) is 11.1 Å². The molecule has 0 saturated carbocycles. The molecule has 10 nitrogen and oxygen atoms in total. The molecule has 38 heavy (non-hydrogen) atoms. The second-order valence-electron chi connectivity index (χ2n) is 10.4. The Morgan fingerprint density at radius 3 is 2.58 bits per heavy atom. The van der Waals surface area contributed by atoms with Gasteiger partial charge < -0.3 is 30.9 Å². The van der Waals surface area contributed by atoms with Gasteiger partial charge in [0.1, 0.15) is 17.3 Å². The number of rotatable bonds is 6. The molecule has 0 bridgehead atoms. The number of carbonyl (C=O) groups is 1. The first-order valence-electron chi connectivity index (χ1n) is 13.2. The lowest BCUT2D eigenvalue weighted by atomic mass is 9.91. The van der Waals surface area contributed by atoms with Crippen LogP contribution in [0.2, 0.25) is 0 Å². The summed E-state index contributed by atoms with van der Waals surface area (Å²) in [7, 11) is 2.14. The van der Waals surface area contributed by atoms with Crippen LogP contribution in [0.1, 0.15) is 35.5 Å². The maximum absolute atomic E-state index is 12.5. The number of nitrogens with one attached hydrogen (secondary N) is 1. The Hall–Kier alpha value is -3.76. The lowest BCUT2D eigenvalue weighted by Gasteiger charge is -2.37. The van der Waals surface area contributed by atoms with E-state index in [1.54, 1.807) is 19.2 Å². The molecule has 0 aliphatic carbocycles. The highest BCUT2D eigenvalue weighted by atomic mass is 16.3. The number of hydrogen-bond donors (Lipinski definition) is 3. The van der Waals surface area contributed by atoms with Gasteiger partial charge in [-0.1, -0.05) is 12.1 Å². The Morgan fingerprint density at radius 2 is 1.82 bits per heavy atom. The van der Waals surface area contributed by atoms with Crippen molar-refractivity contribution in [2.75, 3.05) is 55.4 Å². The quantitative estimate of drug-likeness (QED) is 0.451. The van der Waals surface area contributed by atoms with E-state index in [2.05, 4.69) is 73.2 Å². The summed E-state index contributed by atoms with van der Waals surface area (Å²) >= 11 is 0. The van der Waals surface area contributed by atoms with Gasteiger partial charge in [0.15, 0.2) is 0 Å². The largest absolute Gasteiger partial charge is 0.394 e. The zero-order chi connectivity index (χ0) is 26.8. The zero-order valence-corrected chi connectivity index (χ0v) is 22.3. The molecule has 1 unspecified atom stereocenters. The van der Waals surface area contributed by atoms with Gasteiger partial charge in [-0.3, -0.25) is 9.78 Å². The average Bonchev–Trinajstić information content (AvgIpc) is 2.92. The Balaban J connectivity index is 1.39. The minimum atomic E-state index is -0.336. The van der Waals surface area contributed by atoms with E-state index >= 15 is 0 Å². The molecular weight excluding hydrogens is 480 g/mol. The standard InChI is InChI=1S/C28H36N8O2/c1-18(17-37)31-27(38)24-14-22(6-7-30-24)21-5-4-20-12-19(2)36(16-23(20)13-21)26-15-25(32-28(29)33-26)35-10-8-34(3)9-11-35/h4-7,13-15,18-19,37H,8-12,16-17H2,1-3H3,(H,31,38)(H2,29,32,33)/t18-,19?/m1/s1.